The molecule has 0 aromatic rings. The van der Waals surface area contributed by atoms with E-state index in [0.29, 0.717) is 18.9 Å². The molecule has 1 amide bonds. The van der Waals surface area contributed by atoms with E-state index in [2.05, 4.69) is 0 Å². The van der Waals surface area contributed by atoms with E-state index in [9.17, 15) is 14.7 Å². The molecule has 2 fully saturated rings. The normalized spacial score (nSPS) is 28.8. The predicted octanol–water partition coefficient (Wildman–Crippen LogP) is 3.06. The lowest BCUT2D eigenvalue weighted by molar-refractivity contribution is -0.157. The van der Waals surface area contributed by atoms with Crippen LogP contribution in [0.25, 0.3) is 0 Å². The molecule has 2 rings (SSSR count). The molecule has 2 aliphatic rings. The largest absolute Gasteiger partial charge is 0.480 e. The maximum absolute atomic E-state index is 12.7. The Morgan fingerprint density at radius 3 is 2.50 bits per heavy atom. The van der Waals surface area contributed by atoms with Gasteiger partial charge in [0.2, 0.25) is 5.91 Å². The molecule has 20 heavy (non-hydrogen) atoms. The van der Waals surface area contributed by atoms with Crippen molar-refractivity contribution in [1.82, 2.24) is 4.90 Å². The summed E-state index contributed by atoms with van der Waals surface area (Å²) in [6.07, 6.45) is 8.18. The standard InChI is InChI=1S/C16H27NO3/c1-3-13(11-12-7-4-5-8-12)14(18)17-10-6-9-16(17,2)15(19)20/h12-13H,3-11H2,1-2H3,(H,19,20). The highest BCUT2D eigenvalue weighted by molar-refractivity contribution is 5.88. The minimum atomic E-state index is -0.986. The fourth-order valence-electron chi connectivity index (χ4n) is 3.85. The lowest BCUT2D eigenvalue weighted by Crippen LogP contribution is -2.52. The van der Waals surface area contributed by atoms with Crippen LogP contribution in [0, 0.1) is 11.8 Å². The minimum Gasteiger partial charge on any atom is -0.480 e. The maximum atomic E-state index is 12.7. The predicted molar refractivity (Wildman–Crippen MR) is 77.3 cm³/mol. The van der Waals surface area contributed by atoms with Gasteiger partial charge in [-0.1, -0.05) is 32.6 Å². The second kappa shape index (κ2) is 6.15. The van der Waals surface area contributed by atoms with Crippen LogP contribution in [0.1, 0.15) is 65.2 Å². The van der Waals surface area contributed by atoms with Gasteiger partial charge in [-0.2, -0.15) is 0 Å². The molecule has 1 saturated heterocycles. The summed E-state index contributed by atoms with van der Waals surface area (Å²) in [6.45, 7) is 4.34. The molecule has 0 aromatic carbocycles. The van der Waals surface area contributed by atoms with Crippen molar-refractivity contribution in [1.29, 1.82) is 0 Å². The van der Waals surface area contributed by atoms with E-state index in [1.54, 1.807) is 11.8 Å². The number of hydrogen-bond acceptors (Lipinski definition) is 2. The Labute approximate surface area is 121 Å². The van der Waals surface area contributed by atoms with Gasteiger partial charge >= 0.3 is 5.97 Å². The van der Waals surface area contributed by atoms with E-state index in [4.69, 9.17) is 0 Å². The first kappa shape index (κ1) is 15.3. The molecule has 0 spiro atoms. The van der Waals surface area contributed by atoms with Crippen molar-refractivity contribution >= 4 is 11.9 Å². The highest BCUT2D eigenvalue weighted by atomic mass is 16.4. The Morgan fingerprint density at radius 2 is 1.95 bits per heavy atom. The van der Waals surface area contributed by atoms with Gasteiger partial charge in [0.1, 0.15) is 5.54 Å². The van der Waals surface area contributed by atoms with Crippen molar-refractivity contribution in [2.45, 2.75) is 70.8 Å². The number of carboxylic acid groups (broad SMARTS) is 1. The third-order valence-electron chi connectivity index (χ3n) is 5.30. The first-order valence-electron chi connectivity index (χ1n) is 8.04. The number of carbonyl (C=O) groups is 2. The summed E-state index contributed by atoms with van der Waals surface area (Å²) in [7, 11) is 0. The zero-order valence-corrected chi connectivity index (χ0v) is 12.7. The molecule has 1 aliphatic heterocycles. The van der Waals surface area contributed by atoms with Gasteiger partial charge in [-0.25, -0.2) is 4.79 Å². The summed E-state index contributed by atoms with van der Waals surface area (Å²) < 4.78 is 0. The van der Waals surface area contributed by atoms with Crippen LogP contribution in [-0.2, 0) is 9.59 Å². The Morgan fingerprint density at radius 1 is 1.30 bits per heavy atom. The van der Waals surface area contributed by atoms with Crippen LogP contribution in [-0.4, -0.2) is 34.0 Å². The number of likely N-dealkylation sites (tertiary alicyclic amines) is 1. The average Bonchev–Trinajstić information content (AvgIpc) is 3.05. The van der Waals surface area contributed by atoms with Crippen molar-refractivity contribution < 1.29 is 14.7 Å². The molecule has 0 bridgehead atoms. The molecular formula is C16H27NO3. The molecule has 2 atom stereocenters. The number of carboxylic acids is 1. The fraction of sp³-hybridized carbons (Fsp3) is 0.875. The van der Waals surface area contributed by atoms with E-state index in [1.165, 1.54) is 25.7 Å². The number of hydrogen-bond donors (Lipinski definition) is 1. The quantitative estimate of drug-likeness (QED) is 0.842. The lowest BCUT2D eigenvalue weighted by Gasteiger charge is -2.34. The highest BCUT2D eigenvalue weighted by Gasteiger charge is 2.47. The molecule has 0 radical (unpaired) electrons. The van der Waals surface area contributed by atoms with Crippen LogP contribution < -0.4 is 0 Å². The lowest BCUT2D eigenvalue weighted by atomic mass is 9.89. The second-order valence-corrected chi connectivity index (χ2v) is 6.66. The third kappa shape index (κ3) is 2.84. The number of nitrogens with zero attached hydrogens (tertiary/aromatic N) is 1. The van der Waals surface area contributed by atoms with Gasteiger partial charge in [0.05, 0.1) is 0 Å². The molecule has 1 aliphatic carbocycles. The number of aliphatic carboxylic acids is 1. The van der Waals surface area contributed by atoms with Crippen LogP contribution in [0.5, 0.6) is 0 Å². The topological polar surface area (TPSA) is 57.6 Å². The Bertz CT molecular complexity index is 376. The molecule has 1 heterocycles. The molecule has 2 unspecified atom stereocenters. The second-order valence-electron chi connectivity index (χ2n) is 6.66. The van der Waals surface area contributed by atoms with Crippen molar-refractivity contribution in [2.75, 3.05) is 6.54 Å². The average molecular weight is 281 g/mol. The SMILES string of the molecule is CCC(CC1CCCC1)C(=O)N1CCCC1(C)C(=O)O. The molecule has 1 saturated carbocycles. The summed E-state index contributed by atoms with van der Waals surface area (Å²) in [5.74, 6) is -0.113. The van der Waals surface area contributed by atoms with Crippen molar-refractivity contribution in [2.24, 2.45) is 11.8 Å². The van der Waals surface area contributed by atoms with Gasteiger partial charge in [-0.05, 0) is 38.5 Å². The first-order valence-corrected chi connectivity index (χ1v) is 8.04. The van der Waals surface area contributed by atoms with Gasteiger partial charge in [0, 0.05) is 12.5 Å². The first-order chi connectivity index (χ1) is 9.49. The van der Waals surface area contributed by atoms with E-state index in [0.717, 1.165) is 19.3 Å². The van der Waals surface area contributed by atoms with Crippen LogP contribution in [0.3, 0.4) is 0 Å². The summed E-state index contributed by atoms with van der Waals surface area (Å²) >= 11 is 0. The summed E-state index contributed by atoms with van der Waals surface area (Å²) in [5, 5.41) is 9.44. The molecule has 4 heteroatoms. The monoisotopic (exact) mass is 281 g/mol. The molecule has 114 valence electrons. The Balaban J connectivity index is 2.05. The smallest absolute Gasteiger partial charge is 0.329 e. The van der Waals surface area contributed by atoms with Crippen LogP contribution >= 0.6 is 0 Å². The number of amides is 1. The summed E-state index contributed by atoms with van der Waals surface area (Å²) in [4.78, 5) is 25.9. The molecular weight excluding hydrogens is 254 g/mol. The van der Waals surface area contributed by atoms with Crippen LogP contribution in [0.15, 0.2) is 0 Å². The maximum Gasteiger partial charge on any atom is 0.329 e. The van der Waals surface area contributed by atoms with Crippen molar-refractivity contribution in [3.05, 3.63) is 0 Å². The van der Waals surface area contributed by atoms with Crippen LogP contribution in [0.2, 0.25) is 0 Å². The zero-order valence-electron chi connectivity index (χ0n) is 12.7. The Kier molecular flexibility index (Phi) is 4.71. The molecule has 0 aromatic heterocycles. The Hall–Kier alpha value is -1.06. The zero-order chi connectivity index (χ0) is 14.8. The minimum absolute atomic E-state index is 0.00914. The fourth-order valence-corrected chi connectivity index (χ4v) is 3.85. The van der Waals surface area contributed by atoms with E-state index < -0.39 is 11.5 Å². The van der Waals surface area contributed by atoms with Gasteiger partial charge in [0.25, 0.3) is 0 Å². The van der Waals surface area contributed by atoms with Gasteiger partial charge in [-0.15, -0.1) is 0 Å². The number of carbonyl (C=O) groups excluding carboxylic acids is 1. The van der Waals surface area contributed by atoms with E-state index in [-0.39, 0.29) is 11.8 Å². The summed E-state index contributed by atoms with van der Waals surface area (Å²) in [5.41, 5.74) is -0.986. The van der Waals surface area contributed by atoms with Crippen molar-refractivity contribution in [3.63, 3.8) is 0 Å². The van der Waals surface area contributed by atoms with Crippen molar-refractivity contribution in [3.8, 4) is 0 Å². The van der Waals surface area contributed by atoms with E-state index in [1.807, 2.05) is 6.92 Å². The van der Waals surface area contributed by atoms with Gasteiger partial charge in [0.15, 0.2) is 0 Å². The summed E-state index contributed by atoms with van der Waals surface area (Å²) in [6, 6.07) is 0. The van der Waals surface area contributed by atoms with Crippen LogP contribution in [0.4, 0.5) is 0 Å². The molecule has 4 nitrogen and oxygen atoms in total. The third-order valence-corrected chi connectivity index (χ3v) is 5.30. The molecule has 1 N–H and O–H groups in total. The number of rotatable bonds is 5. The van der Waals surface area contributed by atoms with Gasteiger partial charge in [-0.3, -0.25) is 4.79 Å². The van der Waals surface area contributed by atoms with E-state index >= 15 is 0 Å². The van der Waals surface area contributed by atoms with Gasteiger partial charge < -0.3 is 10.0 Å². The highest BCUT2D eigenvalue weighted by Crippen LogP contribution is 2.35.